The molecule has 0 radical (unpaired) electrons. The van der Waals surface area contributed by atoms with Crippen LogP contribution < -0.4 is 23.7 Å². The van der Waals surface area contributed by atoms with Crippen molar-refractivity contribution in [1.82, 2.24) is 9.80 Å². The summed E-state index contributed by atoms with van der Waals surface area (Å²) >= 11 is 0. The van der Waals surface area contributed by atoms with E-state index in [4.69, 9.17) is 23.7 Å². The molecule has 4 aliphatic heterocycles. The van der Waals surface area contributed by atoms with E-state index in [0.29, 0.717) is 46.5 Å². The van der Waals surface area contributed by atoms with Crippen LogP contribution in [0.3, 0.4) is 0 Å². The molecule has 2 atom stereocenters. The molecule has 0 aromatic heterocycles. The zero-order valence-corrected chi connectivity index (χ0v) is 33.2. The molecule has 0 fully saturated rings. The zero-order chi connectivity index (χ0) is 38.4. The molecule has 0 saturated heterocycles. The minimum Gasteiger partial charge on any atom is -0.493 e. The van der Waals surface area contributed by atoms with Crippen molar-refractivity contribution in [2.75, 3.05) is 48.5 Å². The fraction of sp³-hybridized carbons (Fsp3) is 0.333. The minimum absolute atomic E-state index is 0.153. The molecule has 0 aliphatic carbocycles. The summed E-state index contributed by atoms with van der Waals surface area (Å²) in [5, 5.41) is 0. The van der Waals surface area contributed by atoms with Crippen LogP contribution in [0.1, 0.15) is 56.6 Å². The third-order valence-electron chi connectivity index (χ3n) is 11.5. The summed E-state index contributed by atoms with van der Waals surface area (Å²) < 4.78 is 59.5. The normalized spacial score (nSPS) is 18.3. The lowest BCUT2D eigenvalue weighted by Crippen LogP contribution is -2.34. The van der Waals surface area contributed by atoms with Gasteiger partial charge in [0.15, 0.2) is 32.8 Å². The average molecular weight is 761 g/mol. The summed E-state index contributed by atoms with van der Waals surface area (Å²) in [4.78, 5) is 5.00. The lowest BCUT2D eigenvalue weighted by molar-refractivity contribution is 0.220. The van der Waals surface area contributed by atoms with E-state index < -0.39 is 9.84 Å². The van der Waals surface area contributed by atoms with Crippen molar-refractivity contribution < 1.29 is 32.1 Å². The van der Waals surface area contributed by atoms with Crippen molar-refractivity contribution in [1.29, 1.82) is 0 Å². The van der Waals surface area contributed by atoms with Gasteiger partial charge in [-0.1, -0.05) is 36.4 Å². The smallest absolute Gasteiger partial charge is 0.204 e. The molecular formula is C45H48N2O7S. The molecule has 9 nitrogen and oxygen atoms in total. The molecule has 0 N–H and O–H groups in total. The fourth-order valence-electron chi connectivity index (χ4n) is 8.47. The molecule has 55 heavy (non-hydrogen) atoms. The highest BCUT2D eigenvalue weighted by molar-refractivity contribution is 7.90. The third kappa shape index (κ3) is 7.03. The summed E-state index contributed by atoms with van der Waals surface area (Å²) in [5.41, 5.74) is 8.38. The zero-order valence-electron chi connectivity index (χ0n) is 32.3. The van der Waals surface area contributed by atoms with Gasteiger partial charge in [0.1, 0.15) is 11.5 Å². The molecule has 5 aromatic rings. The molecular weight excluding hydrogens is 713 g/mol. The number of hydrogen-bond donors (Lipinski definition) is 0. The Balaban J connectivity index is 1.36. The first-order valence-electron chi connectivity index (χ1n) is 18.8. The number of benzene rings is 5. The monoisotopic (exact) mass is 760 g/mol. The maximum atomic E-state index is 13.9. The number of hydrogen-bond acceptors (Lipinski definition) is 9. The third-order valence-corrected chi connectivity index (χ3v) is 13.2. The summed E-state index contributed by atoms with van der Waals surface area (Å²) in [7, 11) is 5.47. The SMILES string of the molecule is COc1cc(CS(=O)(=O)c2ccccc2)c2cc1Oc1ccc(cc1)C[C@H]1c3cc(c(C)cc3CCN1C)Oc1c(OC)c(OC)cc3c1[C@H](C2)N(C)CC3. The van der Waals surface area contributed by atoms with Crippen LogP contribution in [-0.2, 0) is 41.3 Å². The van der Waals surface area contributed by atoms with Gasteiger partial charge in [0.25, 0.3) is 0 Å². The molecule has 0 spiro atoms. The van der Waals surface area contributed by atoms with E-state index in [-0.39, 0.29) is 22.7 Å². The minimum atomic E-state index is -3.71. The lowest BCUT2D eigenvalue weighted by Gasteiger charge is -2.38. The van der Waals surface area contributed by atoms with Crippen molar-refractivity contribution >= 4 is 9.84 Å². The molecule has 9 rings (SSSR count). The topological polar surface area (TPSA) is 86.8 Å². The van der Waals surface area contributed by atoms with Crippen LogP contribution in [0, 0.1) is 6.92 Å². The molecule has 0 saturated carbocycles. The Hall–Kier alpha value is -5.03. The van der Waals surface area contributed by atoms with E-state index in [1.165, 1.54) is 16.7 Å². The van der Waals surface area contributed by atoms with Crippen LogP contribution >= 0.6 is 0 Å². The second kappa shape index (κ2) is 14.9. The van der Waals surface area contributed by atoms with Gasteiger partial charge in [-0.15, -0.1) is 0 Å². The van der Waals surface area contributed by atoms with Crippen LogP contribution in [0.2, 0.25) is 0 Å². The van der Waals surface area contributed by atoms with Gasteiger partial charge in [0.05, 0.1) is 32.0 Å². The second-order valence-electron chi connectivity index (χ2n) is 14.9. The van der Waals surface area contributed by atoms with Crippen LogP contribution in [0.25, 0.3) is 0 Å². The number of aryl methyl sites for hydroxylation is 1. The Kier molecular flexibility index (Phi) is 10.0. The van der Waals surface area contributed by atoms with Crippen molar-refractivity contribution in [3.63, 3.8) is 0 Å². The van der Waals surface area contributed by atoms with Crippen LogP contribution in [0.15, 0.2) is 89.8 Å². The maximum absolute atomic E-state index is 13.9. The highest BCUT2D eigenvalue weighted by Crippen LogP contribution is 2.51. The quantitative estimate of drug-likeness (QED) is 0.169. The highest BCUT2D eigenvalue weighted by Gasteiger charge is 2.35. The molecule has 4 aliphatic rings. The van der Waals surface area contributed by atoms with Gasteiger partial charge in [-0.25, -0.2) is 8.42 Å². The van der Waals surface area contributed by atoms with Gasteiger partial charge < -0.3 is 23.7 Å². The van der Waals surface area contributed by atoms with Crippen molar-refractivity contribution in [2.45, 2.75) is 55.3 Å². The van der Waals surface area contributed by atoms with Gasteiger partial charge in [0.2, 0.25) is 5.75 Å². The van der Waals surface area contributed by atoms with Gasteiger partial charge in [-0.3, -0.25) is 9.80 Å². The van der Waals surface area contributed by atoms with E-state index in [0.717, 1.165) is 60.4 Å². The largest absolute Gasteiger partial charge is 0.493 e. The lowest BCUT2D eigenvalue weighted by atomic mass is 9.86. The fourth-order valence-corrected chi connectivity index (χ4v) is 9.89. The predicted molar refractivity (Wildman–Crippen MR) is 213 cm³/mol. The van der Waals surface area contributed by atoms with Gasteiger partial charge in [0, 0.05) is 30.7 Å². The maximum Gasteiger partial charge on any atom is 0.204 e. The number of sulfone groups is 1. The van der Waals surface area contributed by atoms with Crippen LogP contribution in [0.4, 0.5) is 0 Å². The number of rotatable bonds is 6. The van der Waals surface area contributed by atoms with Crippen LogP contribution in [-0.4, -0.2) is 66.7 Å². The highest BCUT2D eigenvalue weighted by atomic mass is 32.2. The van der Waals surface area contributed by atoms with Gasteiger partial charge in [-0.2, -0.15) is 0 Å². The Bertz CT molecular complexity index is 2340. The van der Waals surface area contributed by atoms with E-state index in [9.17, 15) is 8.42 Å². The summed E-state index contributed by atoms with van der Waals surface area (Å²) in [5.74, 6) is 3.93. The standard InChI is InChI=1S/C45H48N2O7S/c1-28-20-30-16-18-46(2)37-21-29-12-14-34(15-13-29)53-41-24-32(33(25-40(41)50-4)27-55(48,49)35-10-8-7-9-11-35)22-38-43-31(17-19-47(38)3)23-42(51-5)44(52-6)45(43)54-39(28)26-36(30)37/h7-15,20,23-26,37-38H,16-19,21-22,27H2,1-6H3/t37-,38-/m0/s1. The van der Waals surface area contributed by atoms with Crippen molar-refractivity contribution in [3.05, 3.63) is 129 Å². The van der Waals surface area contributed by atoms with Crippen LogP contribution in [0.5, 0.6) is 40.2 Å². The summed E-state index contributed by atoms with van der Waals surface area (Å²) in [6.45, 7) is 3.85. The summed E-state index contributed by atoms with van der Waals surface area (Å²) in [6, 6.07) is 27.1. The van der Waals surface area contributed by atoms with Crippen molar-refractivity contribution in [2.24, 2.45) is 0 Å². The molecule has 10 heteroatoms. The van der Waals surface area contributed by atoms with E-state index in [1.54, 1.807) is 45.6 Å². The number of ether oxygens (including phenoxy) is 5. The van der Waals surface area contributed by atoms with Crippen molar-refractivity contribution in [3.8, 4) is 40.2 Å². The predicted octanol–water partition coefficient (Wildman–Crippen LogP) is 8.44. The molecule has 5 aromatic carbocycles. The Morgan fingerprint density at radius 2 is 1.42 bits per heavy atom. The molecule has 286 valence electrons. The first-order chi connectivity index (χ1) is 26.6. The number of nitrogens with zero attached hydrogens (tertiary/aromatic N) is 2. The number of methoxy groups -OCH3 is 3. The Morgan fingerprint density at radius 3 is 2.13 bits per heavy atom. The van der Waals surface area contributed by atoms with E-state index >= 15 is 0 Å². The van der Waals surface area contributed by atoms with Gasteiger partial charge in [-0.05, 0) is 134 Å². The van der Waals surface area contributed by atoms with Gasteiger partial charge >= 0.3 is 0 Å². The summed E-state index contributed by atoms with van der Waals surface area (Å²) in [6.07, 6.45) is 3.01. The first kappa shape index (κ1) is 36.9. The average Bonchev–Trinajstić information content (AvgIpc) is 3.18. The molecule has 6 bridgehead atoms. The van der Waals surface area contributed by atoms with E-state index in [1.807, 2.05) is 30.3 Å². The Morgan fingerprint density at radius 1 is 0.709 bits per heavy atom. The second-order valence-corrected chi connectivity index (χ2v) is 16.9. The first-order valence-corrected chi connectivity index (χ1v) is 20.5. The molecule has 4 heterocycles. The number of likely N-dealkylation sites (N-methyl/N-ethyl adjacent to an activating group) is 2. The number of fused-ring (bicyclic) bond motifs is 2. The van der Waals surface area contributed by atoms with E-state index in [2.05, 4.69) is 61.2 Å². The molecule has 0 unspecified atom stereocenters. The Labute approximate surface area is 324 Å². The molecule has 0 amide bonds.